The largest absolute Gasteiger partial charge is 0.488 e. The van der Waals surface area contributed by atoms with E-state index in [0.717, 1.165) is 54.7 Å². The molecule has 5 rings (SSSR count). The molecule has 2 aromatic heterocycles. The van der Waals surface area contributed by atoms with Gasteiger partial charge in [0.2, 0.25) is 5.95 Å². The van der Waals surface area contributed by atoms with Crippen LogP contribution in [0, 0.1) is 0 Å². The lowest BCUT2D eigenvalue weighted by Gasteiger charge is -2.34. The first-order chi connectivity index (χ1) is 15.8. The molecule has 9 nitrogen and oxygen atoms in total. The number of hydrogen-bond acceptors (Lipinski definition) is 9. The minimum atomic E-state index is -0.179. The van der Waals surface area contributed by atoms with Gasteiger partial charge in [-0.15, -0.1) is 0 Å². The van der Waals surface area contributed by atoms with Crippen molar-refractivity contribution < 1.29 is 14.6 Å². The lowest BCUT2D eigenvalue weighted by molar-refractivity contribution is 0.00356. The van der Waals surface area contributed by atoms with Crippen molar-refractivity contribution in [1.29, 1.82) is 0 Å². The summed E-state index contributed by atoms with van der Waals surface area (Å²) in [7, 11) is 0. The Balaban J connectivity index is 1.29. The molecule has 168 valence electrons. The van der Waals surface area contributed by atoms with Crippen LogP contribution >= 0.6 is 0 Å². The minimum Gasteiger partial charge on any atom is -0.488 e. The fourth-order valence-electron chi connectivity index (χ4n) is 4.43. The molecular weight excluding hydrogens is 408 g/mol. The number of hydrogen-bond donors (Lipinski definition) is 2. The van der Waals surface area contributed by atoms with E-state index in [2.05, 4.69) is 36.2 Å². The molecule has 0 bridgehead atoms. The summed E-state index contributed by atoms with van der Waals surface area (Å²) in [6.07, 6.45) is 10.7. The predicted octanol–water partition coefficient (Wildman–Crippen LogP) is 2.42. The lowest BCUT2D eigenvalue weighted by atomic mass is 9.93. The Hall–Kier alpha value is -3.04. The molecule has 2 N–H and O–H groups in total. The summed E-state index contributed by atoms with van der Waals surface area (Å²) < 4.78 is 12.1. The first kappa shape index (κ1) is 20.8. The summed E-state index contributed by atoms with van der Waals surface area (Å²) >= 11 is 0. The van der Waals surface area contributed by atoms with E-state index in [4.69, 9.17) is 9.47 Å². The maximum absolute atomic E-state index is 9.50. The van der Waals surface area contributed by atoms with Gasteiger partial charge in [-0.3, -0.25) is 4.98 Å². The van der Waals surface area contributed by atoms with Crippen LogP contribution in [-0.4, -0.2) is 69.6 Å². The van der Waals surface area contributed by atoms with Gasteiger partial charge in [-0.25, -0.2) is 15.0 Å². The topological polar surface area (TPSA) is 106 Å². The highest BCUT2D eigenvalue weighted by molar-refractivity contribution is 5.85. The van der Waals surface area contributed by atoms with Gasteiger partial charge in [0.25, 0.3) is 0 Å². The number of rotatable bonds is 6. The highest BCUT2D eigenvalue weighted by atomic mass is 16.5. The zero-order valence-electron chi connectivity index (χ0n) is 17.9. The normalized spacial score (nSPS) is 23.8. The van der Waals surface area contributed by atoms with Crippen LogP contribution in [0.4, 0.5) is 11.6 Å². The maximum atomic E-state index is 9.50. The van der Waals surface area contributed by atoms with E-state index in [0.29, 0.717) is 25.1 Å². The van der Waals surface area contributed by atoms with Crippen LogP contribution in [0.25, 0.3) is 11.0 Å². The van der Waals surface area contributed by atoms with Crippen LogP contribution in [0.5, 0.6) is 5.75 Å². The Morgan fingerprint density at radius 1 is 1.03 bits per heavy atom. The standard InChI is InChI=1S/C23H28N6O3/c30-15-19-14-29(10-11-31-19)17-12-20-22(25-9-8-24-20)21(13-17)32-18-4-2-16(3-5-18)28-23-26-6-1-7-27-23/h1,6-9,12-13,16,18-19,30H,2-5,10-11,14-15H2,(H,26,27,28)/t16?,18?,19-/m0/s1. The molecule has 1 aromatic carbocycles. The van der Waals surface area contributed by atoms with Gasteiger partial charge in [-0.05, 0) is 37.8 Å². The first-order valence-electron chi connectivity index (χ1n) is 11.2. The molecule has 9 heteroatoms. The van der Waals surface area contributed by atoms with Gasteiger partial charge in [-0.2, -0.15) is 0 Å². The van der Waals surface area contributed by atoms with Crippen LogP contribution in [-0.2, 0) is 4.74 Å². The molecule has 0 spiro atoms. The van der Waals surface area contributed by atoms with E-state index >= 15 is 0 Å². The second kappa shape index (κ2) is 9.62. The van der Waals surface area contributed by atoms with Gasteiger partial charge in [-0.1, -0.05) is 0 Å². The van der Waals surface area contributed by atoms with E-state index in [1.165, 1.54) is 0 Å². The molecule has 3 heterocycles. The van der Waals surface area contributed by atoms with Gasteiger partial charge in [0.05, 0.1) is 30.9 Å². The van der Waals surface area contributed by atoms with Crippen LogP contribution < -0.4 is 15.0 Å². The maximum Gasteiger partial charge on any atom is 0.222 e. The summed E-state index contributed by atoms with van der Waals surface area (Å²) in [6.45, 7) is 2.00. The first-order valence-corrected chi connectivity index (χ1v) is 11.2. The van der Waals surface area contributed by atoms with Crippen molar-refractivity contribution in [2.45, 2.75) is 43.9 Å². The zero-order chi connectivity index (χ0) is 21.8. The van der Waals surface area contributed by atoms with Crippen molar-refractivity contribution >= 4 is 22.7 Å². The number of fused-ring (bicyclic) bond motifs is 1. The van der Waals surface area contributed by atoms with Crippen molar-refractivity contribution in [3.8, 4) is 5.75 Å². The van der Waals surface area contributed by atoms with Crippen molar-refractivity contribution in [3.05, 3.63) is 43.0 Å². The summed E-state index contributed by atoms with van der Waals surface area (Å²) in [5, 5.41) is 12.9. The molecule has 1 saturated heterocycles. The molecular formula is C23H28N6O3. The van der Waals surface area contributed by atoms with Gasteiger partial charge in [0.15, 0.2) is 0 Å². The van der Waals surface area contributed by atoms with Crippen LogP contribution in [0.1, 0.15) is 25.7 Å². The number of morpholine rings is 1. The van der Waals surface area contributed by atoms with E-state index in [1.807, 2.05) is 12.1 Å². The fourth-order valence-corrected chi connectivity index (χ4v) is 4.43. The predicted molar refractivity (Wildman–Crippen MR) is 121 cm³/mol. The Morgan fingerprint density at radius 2 is 1.84 bits per heavy atom. The van der Waals surface area contributed by atoms with Gasteiger partial charge in [0, 0.05) is 55.7 Å². The quantitative estimate of drug-likeness (QED) is 0.602. The smallest absolute Gasteiger partial charge is 0.222 e. The Kier molecular flexibility index (Phi) is 6.27. The summed E-state index contributed by atoms with van der Waals surface area (Å²) in [4.78, 5) is 19.8. The molecule has 1 aliphatic carbocycles. The van der Waals surface area contributed by atoms with Gasteiger partial charge >= 0.3 is 0 Å². The third-order valence-corrected chi connectivity index (χ3v) is 6.10. The molecule has 2 fully saturated rings. The number of aliphatic hydroxyl groups is 1. The van der Waals surface area contributed by atoms with E-state index < -0.39 is 0 Å². The van der Waals surface area contributed by atoms with Crippen LogP contribution in [0.15, 0.2) is 43.0 Å². The van der Waals surface area contributed by atoms with Crippen LogP contribution in [0.2, 0.25) is 0 Å². The molecule has 0 unspecified atom stereocenters. The zero-order valence-corrected chi connectivity index (χ0v) is 17.9. The number of aromatic nitrogens is 4. The minimum absolute atomic E-state index is 0.0124. The van der Waals surface area contributed by atoms with Crippen molar-refractivity contribution in [2.75, 3.05) is 36.5 Å². The molecule has 1 atom stereocenters. The highest BCUT2D eigenvalue weighted by Crippen LogP contribution is 2.33. The van der Waals surface area contributed by atoms with Crippen molar-refractivity contribution in [2.24, 2.45) is 0 Å². The third kappa shape index (κ3) is 4.73. The van der Waals surface area contributed by atoms with Gasteiger partial charge < -0.3 is 24.8 Å². The number of ether oxygens (including phenoxy) is 2. The molecule has 2 aliphatic rings. The molecule has 1 saturated carbocycles. The van der Waals surface area contributed by atoms with Crippen molar-refractivity contribution in [1.82, 2.24) is 19.9 Å². The number of aliphatic hydroxyl groups excluding tert-OH is 1. The second-order valence-electron chi connectivity index (χ2n) is 8.30. The average molecular weight is 437 g/mol. The van der Waals surface area contributed by atoms with Crippen LogP contribution in [0.3, 0.4) is 0 Å². The Morgan fingerprint density at radius 3 is 2.66 bits per heavy atom. The van der Waals surface area contributed by atoms with Crippen molar-refractivity contribution in [3.63, 3.8) is 0 Å². The Bertz CT molecular complexity index is 1030. The van der Waals surface area contributed by atoms with E-state index in [9.17, 15) is 5.11 Å². The van der Waals surface area contributed by atoms with E-state index in [1.54, 1.807) is 24.8 Å². The highest BCUT2D eigenvalue weighted by Gasteiger charge is 2.25. The summed E-state index contributed by atoms with van der Waals surface area (Å²) in [6, 6.07) is 6.26. The third-order valence-electron chi connectivity index (χ3n) is 6.10. The summed E-state index contributed by atoms with van der Waals surface area (Å²) in [5.74, 6) is 1.44. The van der Waals surface area contributed by atoms with E-state index in [-0.39, 0.29) is 18.8 Å². The number of benzene rings is 1. The molecule has 32 heavy (non-hydrogen) atoms. The molecule has 0 radical (unpaired) electrons. The molecule has 3 aromatic rings. The number of nitrogens with one attached hydrogen (secondary N) is 1. The van der Waals surface area contributed by atoms with Gasteiger partial charge in [0.1, 0.15) is 11.3 Å². The lowest BCUT2D eigenvalue weighted by Crippen LogP contribution is -2.44. The molecule has 0 amide bonds. The monoisotopic (exact) mass is 436 g/mol. The Labute approximate surface area is 186 Å². The average Bonchev–Trinajstić information content (AvgIpc) is 2.86. The number of nitrogens with zero attached hydrogens (tertiary/aromatic N) is 5. The summed E-state index contributed by atoms with van der Waals surface area (Å²) in [5.41, 5.74) is 2.61. The SMILES string of the molecule is OC[C@@H]1CN(c2cc(OC3CCC(Nc4ncccn4)CC3)c3nccnc3c2)CCO1. The molecule has 1 aliphatic heterocycles. The number of anilines is 2. The second-order valence-corrected chi connectivity index (χ2v) is 8.30. The fraction of sp³-hybridized carbons (Fsp3) is 0.478.